The van der Waals surface area contributed by atoms with Gasteiger partial charge >= 0.3 is 0 Å². The Balaban J connectivity index is 1.04. The van der Waals surface area contributed by atoms with Gasteiger partial charge in [-0.25, -0.2) is 0 Å². The molecule has 4 heterocycles. The maximum atomic E-state index is 13.3. The molecule has 0 saturated carbocycles. The molecule has 3 saturated heterocycles. The smallest absolute Gasteiger partial charge is 0.278 e. The predicted molar refractivity (Wildman–Crippen MR) is 160 cm³/mol. The highest BCUT2D eigenvalue weighted by molar-refractivity contribution is 5.99. The molecule has 0 spiro atoms. The van der Waals surface area contributed by atoms with Gasteiger partial charge in [-0.05, 0) is 68.1 Å². The van der Waals surface area contributed by atoms with Gasteiger partial charge in [0.2, 0.25) is 11.8 Å². The van der Waals surface area contributed by atoms with E-state index in [-0.39, 0.29) is 30.9 Å². The number of piperidine rings is 2. The van der Waals surface area contributed by atoms with Crippen LogP contribution in [0.3, 0.4) is 0 Å². The van der Waals surface area contributed by atoms with Crippen LogP contribution in [0.1, 0.15) is 48.5 Å². The van der Waals surface area contributed by atoms with Crippen LogP contribution in [0.2, 0.25) is 0 Å². The molecule has 3 aliphatic rings. The van der Waals surface area contributed by atoms with Gasteiger partial charge in [0, 0.05) is 68.7 Å². The molecule has 3 aliphatic heterocycles. The standard InChI is InChI=1S/C30H36N8O5/c31-28(40)19-1-3-20(4-2-19)37-15-12-32-18-22(37)11-16-43-23-9-13-36(14-10-23)21-5-6-25-24(17-21)30(42)38(35-34-25)26-7-8-27(39)33-29(26)41/h1-6,17,22-23,26,32H,7-16,18H2,(H2,31,40)(H,33,39,41). The number of carbonyl (C=O) groups excluding carboxylic acids is 3. The van der Waals surface area contributed by atoms with Gasteiger partial charge in [-0.1, -0.05) is 5.21 Å². The Morgan fingerprint density at radius 1 is 1.00 bits per heavy atom. The van der Waals surface area contributed by atoms with Crippen molar-refractivity contribution in [2.75, 3.05) is 49.1 Å². The topological polar surface area (TPSA) is 165 Å². The van der Waals surface area contributed by atoms with E-state index < -0.39 is 23.4 Å². The molecular formula is C30H36N8O5. The van der Waals surface area contributed by atoms with Crippen LogP contribution in [-0.2, 0) is 14.3 Å². The van der Waals surface area contributed by atoms with E-state index >= 15 is 0 Å². The third-order valence-electron chi connectivity index (χ3n) is 8.62. The number of anilines is 2. The monoisotopic (exact) mass is 588 g/mol. The fraction of sp³-hybridized carbons (Fsp3) is 0.467. The molecule has 0 bridgehead atoms. The van der Waals surface area contributed by atoms with Gasteiger partial charge in [-0.3, -0.25) is 24.5 Å². The molecule has 6 rings (SSSR count). The van der Waals surface area contributed by atoms with E-state index in [0.29, 0.717) is 23.1 Å². The summed E-state index contributed by atoms with van der Waals surface area (Å²) < 4.78 is 7.41. The van der Waals surface area contributed by atoms with Crippen molar-refractivity contribution in [3.05, 3.63) is 58.4 Å². The van der Waals surface area contributed by atoms with E-state index in [2.05, 4.69) is 30.7 Å². The third kappa shape index (κ3) is 6.22. The summed E-state index contributed by atoms with van der Waals surface area (Å²) in [6.07, 6.45) is 3.16. The zero-order valence-electron chi connectivity index (χ0n) is 23.9. The average Bonchev–Trinajstić information content (AvgIpc) is 3.02. The summed E-state index contributed by atoms with van der Waals surface area (Å²) in [5.41, 5.74) is 7.96. The number of amides is 3. The van der Waals surface area contributed by atoms with Crippen LogP contribution in [0.5, 0.6) is 0 Å². The fourth-order valence-corrected chi connectivity index (χ4v) is 6.19. The van der Waals surface area contributed by atoms with E-state index in [1.807, 2.05) is 24.3 Å². The SMILES string of the molecule is NC(=O)c1ccc(N2CCNCC2CCOC2CCN(c3ccc4nnn(C5CCC(=O)NC5=O)c(=O)c4c3)CC2)cc1. The van der Waals surface area contributed by atoms with E-state index in [0.717, 1.165) is 68.0 Å². The van der Waals surface area contributed by atoms with Gasteiger partial charge in [-0.15, -0.1) is 5.10 Å². The van der Waals surface area contributed by atoms with Gasteiger partial charge in [0.1, 0.15) is 11.6 Å². The van der Waals surface area contributed by atoms with Crippen molar-refractivity contribution in [2.45, 2.75) is 50.3 Å². The lowest BCUT2D eigenvalue weighted by Crippen LogP contribution is -2.52. The Morgan fingerprint density at radius 3 is 2.51 bits per heavy atom. The van der Waals surface area contributed by atoms with Crippen LogP contribution < -0.4 is 31.7 Å². The molecule has 43 heavy (non-hydrogen) atoms. The Bertz CT molecular complexity index is 1570. The summed E-state index contributed by atoms with van der Waals surface area (Å²) in [6, 6.07) is 12.4. The first-order chi connectivity index (χ1) is 20.9. The van der Waals surface area contributed by atoms with Crippen LogP contribution >= 0.6 is 0 Å². The van der Waals surface area contributed by atoms with Crippen LogP contribution in [0.25, 0.3) is 10.9 Å². The summed E-state index contributed by atoms with van der Waals surface area (Å²) in [6.45, 7) is 4.89. The fourth-order valence-electron chi connectivity index (χ4n) is 6.19. The largest absolute Gasteiger partial charge is 0.378 e. The number of hydrogen-bond donors (Lipinski definition) is 3. The summed E-state index contributed by atoms with van der Waals surface area (Å²) in [5.74, 6) is -1.30. The summed E-state index contributed by atoms with van der Waals surface area (Å²) in [7, 11) is 0. The molecule has 13 heteroatoms. The van der Waals surface area contributed by atoms with Crippen LogP contribution in [0.4, 0.5) is 11.4 Å². The second-order valence-corrected chi connectivity index (χ2v) is 11.3. The first-order valence-electron chi connectivity index (χ1n) is 14.8. The van der Waals surface area contributed by atoms with Crippen molar-refractivity contribution >= 4 is 40.0 Å². The first-order valence-corrected chi connectivity index (χ1v) is 14.8. The van der Waals surface area contributed by atoms with E-state index in [1.165, 1.54) is 0 Å². The van der Waals surface area contributed by atoms with Crippen molar-refractivity contribution in [2.24, 2.45) is 5.73 Å². The number of ether oxygens (including phenoxy) is 1. The third-order valence-corrected chi connectivity index (χ3v) is 8.62. The number of carbonyl (C=O) groups is 3. The van der Waals surface area contributed by atoms with E-state index in [4.69, 9.17) is 10.5 Å². The number of rotatable bonds is 8. The summed E-state index contributed by atoms with van der Waals surface area (Å²) >= 11 is 0. The highest BCUT2D eigenvalue weighted by atomic mass is 16.5. The van der Waals surface area contributed by atoms with Gasteiger partial charge < -0.3 is 25.6 Å². The van der Waals surface area contributed by atoms with Crippen LogP contribution in [0.15, 0.2) is 47.3 Å². The molecule has 226 valence electrons. The molecule has 1 aromatic heterocycles. The Hall–Kier alpha value is -4.36. The van der Waals surface area contributed by atoms with Crippen molar-refractivity contribution in [1.82, 2.24) is 25.6 Å². The molecular weight excluding hydrogens is 552 g/mol. The second kappa shape index (κ2) is 12.5. The molecule has 13 nitrogen and oxygen atoms in total. The van der Waals surface area contributed by atoms with Gasteiger partial charge in [-0.2, -0.15) is 4.68 Å². The lowest BCUT2D eigenvalue weighted by Gasteiger charge is -2.39. The zero-order valence-corrected chi connectivity index (χ0v) is 23.9. The number of imide groups is 1. The minimum absolute atomic E-state index is 0.154. The van der Waals surface area contributed by atoms with Crippen molar-refractivity contribution in [1.29, 1.82) is 0 Å². The number of nitrogens with one attached hydrogen (secondary N) is 2. The molecule has 3 amide bonds. The predicted octanol–water partition coefficient (Wildman–Crippen LogP) is 0.722. The molecule has 0 radical (unpaired) electrons. The zero-order chi connectivity index (χ0) is 29.9. The quantitative estimate of drug-likeness (QED) is 0.319. The molecule has 2 aromatic carbocycles. The van der Waals surface area contributed by atoms with Crippen molar-refractivity contribution in [3.8, 4) is 0 Å². The van der Waals surface area contributed by atoms with Gasteiger partial charge in [0.05, 0.1) is 11.5 Å². The summed E-state index contributed by atoms with van der Waals surface area (Å²) in [5, 5.41) is 14.3. The number of piperazine rings is 1. The first kappa shape index (κ1) is 28.7. The van der Waals surface area contributed by atoms with Crippen molar-refractivity contribution in [3.63, 3.8) is 0 Å². The average molecular weight is 589 g/mol. The summed E-state index contributed by atoms with van der Waals surface area (Å²) in [4.78, 5) is 53.2. The Kier molecular flexibility index (Phi) is 8.34. The molecule has 2 atom stereocenters. The number of nitrogens with two attached hydrogens (primary N) is 1. The molecule has 0 aliphatic carbocycles. The number of aromatic nitrogens is 3. The minimum Gasteiger partial charge on any atom is -0.378 e. The number of hydrogen-bond acceptors (Lipinski definition) is 10. The Morgan fingerprint density at radius 2 is 1.77 bits per heavy atom. The normalized spacial score (nSPS) is 21.7. The van der Waals surface area contributed by atoms with Gasteiger partial charge in [0.25, 0.3) is 11.5 Å². The molecule has 2 unspecified atom stereocenters. The second-order valence-electron chi connectivity index (χ2n) is 11.3. The molecule has 3 fully saturated rings. The lowest BCUT2D eigenvalue weighted by molar-refractivity contribution is -0.136. The molecule has 4 N–H and O–H groups in total. The number of primary amides is 1. The molecule has 3 aromatic rings. The van der Waals surface area contributed by atoms with Crippen molar-refractivity contribution < 1.29 is 19.1 Å². The lowest BCUT2D eigenvalue weighted by atomic mass is 10.1. The number of nitrogens with zero attached hydrogens (tertiary/aromatic N) is 5. The maximum Gasteiger partial charge on any atom is 0.278 e. The van der Waals surface area contributed by atoms with E-state index in [1.54, 1.807) is 18.2 Å². The number of benzene rings is 2. The highest BCUT2D eigenvalue weighted by Crippen LogP contribution is 2.26. The van der Waals surface area contributed by atoms with Crippen LogP contribution in [-0.4, -0.2) is 84.2 Å². The van der Waals surface area contributed by atoms with Crippen LogP contribution in [0, 0.1) is 0 Å². The van der Waals surface area contributed by atoms with E-state index in [9.17, 15) is 19.2 Å². The van der Waals surface area contributed by atoms with Gasteiger partial charge in [0.15, 0.2) is 0 Å². The minimum atomic E-state index is -0.850. The Labute approximate surface area is 248 Å². The highest BCUT2D eigenvalue weighted by Gasteiger charge is 2.31. The maximum absolute atomic E-state index is 13.3. The number of fused-ring (bicyclic) bond motifs is 1.